The number of ether oxygens (including phenoxy) is 1. The van der Waals surface area contributed by atoms with Gasteiger partial charge in [-0.15, -0.1) is 0 Å². The maximum atomic E-state index is 12.1. The zero-order chi connectivity index (χ0) is 16.8. The lowest BCUT2D eigenvalue weighted by Crippen LogP contribution is -2.37. The highest BCUT2D eigenvalue weighted by molar-refractivity contribution is 5.93. The first-order valence-corrected chi connectivity index (χ1v) is 8.05. The number of rotatable bonds is 4. The average Bonchev–Trinajstić information content (AvgIpc) is 2.72. The Bertz CT molecular complexity index is 600. The minimum atomic E-state index is -0.653. The van der Waals surface area contributed by atoms with Crippen LogP contribution in [0.4, 0.5) is 0 Å². The molecule has 0 spiro atoms. The number of amides is 1. The molecule has 2 rings (SSSR count). The fraction of sp³-hybridized carbons (Fsp3) is 0.588. The van der Waals surface area contributed by atoms with Gasteiger partial charge in [0.15, 0.2) is 6.61 Å². The first-order chi connectivity index (χ1) is 11.0. The van der Waals surface area contributed by atoms with E-state index >= 15 is 0 Å². The molecule has 23 heavy (non-hydrogen) atoms. The minimum absolute atomic E-state index is 0.168. The van der Waals surface area contributed by atoms with E-state index in [2.05, 4.69) is 5.32 Å². The predicted octanol–water partition coefficient (Wildman–Crippen LogP) is 2.25. The van der Waals surface area contributed by atoms with Crippen molar-refractivity contribution in [3.63, 3.8) is 0 Å². The SMILES string of the molecule is Cc1cc(=O)oc(C)c1C(=O)OCC(=O)NC1CCCCCC1. The van der Waals surface area contributed by atoms with Crippen molar-refractivity contribution in [2.45, 2.75) is 58.4 Å². The van der Waals surface area contributed by atoms with Crippen LogP contribution in [0.1, 0.15) is 60.2 Å². The molecule has 1 fully saturated rings. The molecule has 1 aliphatic carbocycles. The highest BCUT2D eigenvalue weighted by atomic mass is 16.5. The molecule has 0 aliphatic heterocycles. The van der Waals surface area contributed by atoms with Gasteiger partial charge in [-0.05, 0) is 32.3 Å². The second kappa shape index (κ2) is 7.94. The molecule has 1 amide bonds. The maximum Gasteiger partial charge on any atom is 0.342 e. The van der Waals surface area contributed by atoms with Crippen LogP contribution in [-0.2, 0) is 9.53 Å². The molecule has 1 aromatic rings. The van der Waals surface area contributed by atoms with Crippen LogP contribution in [-0.4, -0.2) is 24.5 Å². The van der Waals surface area contributed by atoms with E-state index in [0.717, 1.165) is 25.7 Å². The summed E-state index contributed by atoms with van der Waals surface area (Å²) in [6.07, 6.45) is 6.60. The molecule has 6 nitrogen and oxygen atoms in total. The van der Waals surface area contributed by atoms with Gasteiger partial charge in [0, 0.05) is 12.1 Å². The Balaban J connectivity index is 1.89. The Kier molecular flexibility index (Phi) is 5.96. The van der Waals surface area contributed by atoms with Gasteiger partial charge in [0.25, 0.3) is 5.91 Å². The molecular weight excluding hydrogens is 298 g/mol. The lowest BCUT2D eigenvalue weighted by atomic mass is 10.1. The molecule has 1 aliphatic rings. The van der Waals surface area contributed by atoms with Crippen LogP contribution in [0.5, 0.6) is 0 Å². The number of nitrogens with one attached hydrogen (secondary N) is 1. The molecule has 0 saturated heterocycles. The molecule has 1 heterocycles. The Morgan fingerprint density at radius 3 is 2.48 bits per heavy atom. The van der Waals surface area contributed by atoms with E-state index in [1.165, 1.54) is 25.8 Å². The quantitative estimate of drug-likeness (QED) is 0.679. The lowest BCUT2D eigenvalue weighted by molar-refractivity contribution is -0.125. The van der Waals surface area contributed by atoms with E-state index in [1.54, 1.807) is 6.92 Å². The van der Waals surface area contributed by atoms with E-state index in [-0.39, 0.29) is 29.9 Å². The van der Waals surface area contributed by atoms with Crippen LogP contribution in [0.15, 0.2) is 15.3 Å². The maximum absolute atomic E-state index is 12.1. The number of carbonyl (C=O) groups is 2. The molecule has 126 valence electrons. The topological polar surface area (TPSA) is 85.6 Å². The molecule has 1 N–H and O–H groups in total. The molecule has 0 bridgehead atoms. The molecule has 6 heteroatoms. The van der Waals surface area contributed by atoms with Crippen molar-refractivity contribution in [1.82, 2.24) is 5.32 Å². The highest BCUT2D eigenvalue weighted by Crippen LogP contribution is 2.17. The monoisotopic (exact) mass is 321 g/mol. The third kappa shape index (κ3) is 4.94. The molecule has 1 saturated carbocycles. The standard InChI is InChI=1S/C17H23NO5/c1-11-9-15(20)23-12(2)16(11)17(21)22-10-14(19)18-13-7-5-3-4-6-8-13/h9,13H,3-8,10H2,1-2H3,(H,18,19). The van der Waals surface area contributed by atoms with Gasteiger partial charge in [0.2, 0.25) is 0 Å². The summed E-state index contributed by atoms with van der Waals surface area (Å²) in [6.45, 7) is 2.83. The second-order valence-corrected chi connectivity index (χ2v) is 6.01. The summed E-state index contributed by atoms with van der Waals surface area (Å²) in [5.41, 5.74) is 0.169. The van der Waals surface area contributed by atoms with Crippen molar-refractivity contribution in [2.24, 2.45) is 0 Å². The zero-order valence-corrected chi connectivity index (χ0v) is 13.6. The van der Waals surface area contributed by atoms with Gasteiger partial charge in [-0.25, -0.2) is 9.59 Å². The van der Waals surface area contributed by atoms with E-state index in [9.17, 15) is 14.4 Å². The minimum Gasteiger partial charge on any atom is -0.452 e. The highest BCUT2D eigenvalue weighted by Gasteiger charge is 2.19. The number of aryl methyl sites for hydroxylation is 2. The van der Waals surface area contributed by atoms with Crippen molar-refractivity contribution in [1.29, 1.82) is 0 Å². The van der Waals surface area contributed by atoms with E-state index in [0.29, 0.717) is 5.56 Å². The number of carbonyl (C=O) groups excluding carboxylic acids is 2. The molecule has 0 radical (unpaired) electrons. The van der Waals surface area contributed by atoms with Crippen LogP contribution in [0.2, 0.25) is 0 Å². The molecule has 0 aromatic carbocycles. The van der Waals surface area contributed by atoms with Crippen LogP contribution in [0.25, 0.3) is 0 Å². The van der Waals surface area contributed by atoms with Gasteiger partial charge >= 0.3 is 11.6 Å². The predicted molar refractivity (Wildman–Crippen MR) is 84.4 cm³/mol. The first-order valence-electron chi connectivity index (χ1n) is 8.05. The largest absolute Gasteiger partial charge is 0.452 e. The van der Waals surface area contributed by atoms with Gasteiger partial charge in [-0.1, -0.05) is 25.7 Å². The van der Waals surface area contributed by atoms with Crippen LogP contribution >= 0.6 is 0 Å². The summed E-state index contributed by atoms with van der Waals surface area (Å²) in [4.78, 5) is 35.2. The molecule has 1 aromatic heterocycles. The van der Waals surface area contributed by atoms with Gasteiger partial charge < -0.3 is 14.5 Å². The summed E-state index contributed by atoms with van der Waals surface area (Å²) in [6, 6.07) is 1.40. The normalized spacial score (nSPS) is 15.7. The van der Waals surface area contributed by atoms with Gasteiger partial charge in [0.1, 0.15) is 11.3 Å². The lowest BCUT2D eigenvalue weighted by Gasteiger charge is -2.16. The smallest absolute Gasteiger partial charge is 0.342 e. The van der Waals surface area contributed by atoms with Crippen molar-refractivity contribution < 1.29 is 18.7 Å². The second-order valence-electron chi connectivity index (χ2n) is 6.01. The summed E-state index contributed by atoms with van der Waals surface area (Å²) >= 11 is 0. The summed E-state index contributed by atoms with van der Waals surface area (Å²) < 4.78 is 9.95. The summed E-state index contributed by atoms with van der Waals surface area (Å²) in [5, 5.41) is 2.91. The summed E-state index contributed by atoms with van der Waals surface area (Å²) in [7, 11) is 0. The Hall–Kier alpha value is -2.11. The molecule has 0 atom stereocenters. The van der Waals surface area contributed by atoms with Gasteiger partial charge in [-0.2, -0.15) is 0 Å². The zero-order valence-electron chi connectivity index (χ0n) is 13.6. The van der Waals surface area contributed by atoms with E-state index in [1.807, 2.05) is 0 Å². The van der Waals surface area contributed by atoms with E-state index in [4.69, 9.17) is 9.15 Å². The number of hydrogen-bond donors (Lipinski definition) is 1. The molecular formula is C17H23NO5. The van der Waals surface area contributed by atoms with Crippen molar-refractivity contribution >= 4 is 11.9 Å². The first kappa shape index (κ1) is 17.2. The van der Waals surface area contributed by atoms with E-state index < -0.39 is 11.6 Å². The Labute approximate surface area is 135 Å². The third-order valence-corrected chi connectivity index (χ3v) is 4.09. The van der Waals surface area contributed by atoms with Gasteiger partial charge in [-0.3, -0.25) is 4.79 Å². The Morgan fingerprint density at radius 1 is 1.22 bits per heavy atom. The van der Waals surface area contributed by atoms with Crippen LogP contribution < -0.4 is 10.9 Å². The fourth-order valence-electron chi connectivity index (χ4n) is 2.96. The van der Waals surface area contributed by atoms with Crippen LogP contribution in [0, 0.1) is 13.8 Å². The van der Waals surface area contributed by atoms with Crippen molar-refractivity contribution in [3.8, 4) is 0 Å². The Morgan fingerprint density at radius 2 is 1.87 bits per heavy atom. The summed E-state index contributed by atoms with van der Waals surface area (Å²) in [5.74, 6) is -0.748. The van der Waals surface area contributed by atoms with Crippen molar-refractivity contribution in [3.05, 3.63) is 33.4 Å². The molecule has 0 unspecified atom stereocenters. The average molecular weight is 321 g/mol. The fourth-order valence-corrected chi connectivity index (χ4v) is 2.96. The number of esters is 1. The van der Waals surface area contributed by atoms with Crippen LogP contribution in [0.3, 0.4) is 0 Å². The third-order valence-electron chi connectivity index (χ3n) is 4.09. The van der Waals surface area contributed by atoms with Crippen molar-refractivity contribution in [2.75, 3.05) is 6.61 Å². The number of hydrogen-bond acceptors (Lipinski definition) is 5. The van der Waals surface area contributed by atoms with Gasteiger partial charge in [0.05, 0.1) is 0 Å².